The van der Waals surface area contributed by atoms with E-state index >= 15 is 0 Å². The molecule has 1 aromatic heterocycles. The van der Waals surface area contributed by atoms with Gasteiger partial charge in [0.2, 0.25) is 0 Å². The van der Waals surface area contributed by atoms with Gasteiger partial charge in [-0.05, 0) is 12.1 Å². The number of aromatic nitrogens is 2. The van der Waals surface area contributed by atoms with Crippen molar-refractivity contribution in [1.82, 2.24) is 9.78 Å². The number of aryl methyl sites for hydroxylation is 2. The average Bonchev–Trinajstić information content (AvgIpc) is 2.75. The minimum Gasteiger partial charge on any atom is -0.273 e. The molecule has 0 aliphatic heterocycles. The Hall–Kier alpha value is -1.69. The molecule has 0 bridgehead atoms. The van der Waals surface area contributed by atoms with Gasteiger partial charge in [0.1, 0.15) is 5.82 Å². The van der Waals surface area contributed by atoms with E-state index in [1.165, 1.54) is 12.1 Å². The second kappa shape index (κ2) is 5.52. The molecule has 0 unspecified atom stereocenters. The largest absolute Gasteiger partial charge is 0.273 e. The molecule has 0 saturated carbocycles. The van der Waals surface area contributed by atoms with Crippen LogP contribution >= 0.6 is 0 Å². The van der Waals surface area contributed by atoms with Crippen molar-refractivity contribution in [2.24, 2.45) is 7.05 Å². The standard InChI is InChI=1S/C13H15FN2O2S/c1-16-12(6-8-15-16)7-9-19(17,18)10-11-4-2-3-5-13(11)14/h2-6,8H,7,9-10H2,1H3. The molecule has 0 aliphatic rings. The fourth-order valence-corrected chi connectivity index (χ4v) is 3.20. The van der Waals surface area contributed by atoms with Crippen LogP contribution in [0.15, 0.2) is 36.5 Å². The van der Waals surface area contributed by atoms with Crippen molar-refractivity contribution in [3.63, 3.8) is 0 Å². The molecule has 0 radical (unpaired) electrons. The molecular formula is C13H15FN2O2S. The van der Waals surface area contributed by atoms with Crippen LogP contribution in [0.5, 0.6) is 0 Å². The van der Waals surface area contributed by atoms with Crippen LogP contribution in [0.2, 0.25) is 0 Å². The Kier molecular flexibility index (Phi) is 3.99. The van der Waals surface area contributed by atoms with Crippen molar-refractivity contribution in [3.05, 3.63) is 53.6 Å². The third kappa shape index (κ3) is 3.64. The zero-order valence-electron chi connectivity index (χ0n) is 10.6. The van der Waals surface area contributed by atoms with Crippen molar-refractivity contribution < 1.29 is 12.8 Å². The van der Waals surface area contributed by atoms with Gasteiger partial charge in [-0.25, -0.2) is 12.8 Å². The van der Waals surface area contributed by atoms with E-state index in [0.29, 0.717) is 6.42 Å². The fraction of sp³-hybridized carbons (Fsp3) is 0.308. The van der Waals surface area contributed by atoms with Gasteiger partial charge in [0, 0.05) is 30.9 Å². The summed E-state index contributed by atoms with van der Waals surface area (Å²) in [4.78, 5) is 0. The van der Waals surface area contributed by atoms with E-state index in [1.54, 1.807) is 36.1 Å². The highest BCUT2D eigenvalue weighted by atomic mass is 32.2. The molecule has 19 heavy (non-hydrogen) atoms. The SMILES string of the molecule is Cn1nccc1CCS(=O)(=O)Cc1ccccc1F. The van der Waals surface area contributed by atoms with Crippen LogP contribution in [-0.2, 0) is 29.1 Å². The molecule has 2 rings (SSSR count). The Morgan fingerprint density at radius 3 is 2.63 bits per heavy atom. The van der Waals surface area contributed by atoms with Crippen LogP contribution in [0.4, 0.5) is 4.39 Å². The van der Waals surface area contributed by atoms with Crippen LogP contribution in [0, 0.1) is 5.82 Å². The molecule has 1 aromatic carbocycles. The molecule has 0 atom stereocenters. The van der Waals surface area contributed by atoms with Crippen LogP contribution in [-0.4, -0.2) is 24.0 Å². The van der Waals surface area contributed by atoms with E-state index < -0.39 is 15.7 Å². The van der Waals surface area contributed by atoms with E-state index in [0.717, 1.165) is 5.69 Å². The molecular weight excluding hydrogens is 267 g/mol. The molecule has 102 valence electrons. The maximum atomic E-state index is 13.4. The van der Waals surface area contributed by atoms with Gasteiger partial charge in [-0.1, -0.05) is 18.2 Å². The minimum absolute atomic E-state index is 0.0130. The first-order chi connectivity index (χ1) is 8.98. The average molecular weight is 282 g/mol. The zero-order valence-corrected chi connectivity index (χ0v) is 11.4. The highest BCUT2D eigenvalue weighted by Crippen LogP contribution is 2.12. The first kappa shape index (κ1) is 13.7. The van der Waals surface area contributed by atoms with Gasteiger partial charge in [-0.2, -0.15) is 5.10 Å². The molecule has 4 nitrogen and oxygen atoms in total. The molecule has 0 fully saturated rings. The molecule has 0 N–H and O–H groups in total. The summed E-state index contributed by atoms with van der Waals surface area (Å²) in [6.07, 6.45) is 2.01. The predicted molar refractivity (Wildman–Crippen MR) is 70.8 cm³/mol. The van der Waals surface area contributed by atoms with Crippen molar-refractivity contribution in [3.8, 4) is 0 Å². The molecule has 0 saturated heterocycles. The summed E-state index contributed by atoms with van der Waals surface area (Å²) < 4.78 is 39.0. The van der Waals surface area contributed by atoms with Crippen LogP contribution in [0.25, 0.3) is 0 Å². The number of rotatable bonds is 5. The lowest BCUT2D eigenvalue weighted by Gasteiger charge is -2.06. The fourth-order valence-electron chi connectivity index (χ4n) is 1.83. The van der Waals surface area contributed by atoms with E-state index in [2.05, 4.69) is 5.10 Å². The van der Waals surface area contributed by atoms with Crippen LogP contribution in [0.1, 0.15) is 11.3 Å². The molecule has 1 heterocycles. The molecule has 0 aliphatic carbocycles. The van der Waals surface area contributed by atoms with Gasteiger partial charge >= 0.3 is 0 Å². The zero-order chi connectivity index (χ0) is 13.9. The van der Waals surface area contributed by atoms with Gasteiger partial charge in [0.15, 0.2) is 9.84 Å². The number of nitrogens with zero attached hydrogens (tertiary/aromatic N) is 2. The van der Waals surface area contributed by atoms with Gasteiger partial charge in [-0.3, -0.25) is 4.68 Å². The smallest absolute Gasteiger partial charge is 0.154 e. The van der Waals surface area contributed by atoms with E-state index in [9.17, 15) is 12.8 Å². The predicted octanol–water partition coefficient (Wildman–Crippen LogP) is 1.72. The van der Waals surface area contributed by atoms with Crippen LogP contribution in [0.3, 0.4) is 0 Å². The molecule has 0 amide bonds. The quantitative estimate of drug-likeness (QED) is 0.839. The second-order valence-corrected chi connectivity index (χ2v) is 6.56. The summed E-state index contributed by atoms with van der Waals surface area (Å²) in [6, 6.07) is 7.72. The maximum Gasteiger partial charge on any atom is 0.154 e. The Morgan fingerprint density at radius 1 is 1.26 bits per heavy atom. The Labute approximate surface area is 111 Å². The monoisotopic (exact) mass is 282 g/mol. The number of halogens is 1. The number of hydrogen-bond acceptors (Lipinski definition) is 3. The van der Waals surface area contributed by atoms with Crippen molar-refractivity contribution in [2.75, 3.05) is 5.75 Å². The lowest BCUT2D eigenvalue weighted by Crippen LogP contribution is -2.14. The molecule has 2 aromatic rings. The highest BCUT2D eigenvalue weighted by Gasteiger charge is 2.15. The first-order valence-electron chi connectivity index (χ1n) is 5.89. The minimum atomic E-state index is -3.33. The van der Waals surface area contributed by atoms with E-state index in [-0.39, 0.29) is 17.1 Å². The number of sulfone groups is 1. The van der Waals surface area contributed by atoms with Crippen molar-refractivity contribution in [2.45, 2.75) is 12.2 Å². The summed E-state index contributed by atoms with van der Waals surface area (Å²) in [6.45, 7) is 0. The van der Waals surface area contributed by atoms with Crippen molar-refractivity contribution >= 4 is 9.84 Å². The summed E-state index contributed by atoms with van der Waals surface area (Å²) in [5.74, 6) is -0.759. The van der Waals surface area contributed by atoms with Crippen LogP contribution < -0.4 is 0 Å². The normalized spacial score (nSPS) is 11.7. The molecule has 6 heteroatoms. The van der Waals surface area contributed by atoms with E-state index in [1.807, 2.05) is 0 Å². The third-order valence-electron chi connectivity index (χ3n) is 2.92. The third-order valence-corrected chi connectivity index (χ3v) is 4.50. The van der Waals surface area contributed by atoms with E-state index in [4.69, 9.17) is 0 Å². The van der Waals surface area contributed by atoms with Gasteiger partial charge < -0.3 is 0 Å². The highest BCUT2D eigenvalue weighted by molar-refractivity contribution is 7.90. The lowest BCUT2D eigenvalue weighted by atomic mass is 10.2. The summed E-state index contributed by atoms with van der Waals surface area (Å²) in [5.41, 5.74) is 1.06. The maximum absolute atomic E-state index is 13.4. The van der Waals surface area contributed by atoms with Gasteiger partial charge in [-0.15, -0.1) is 0 Å². The summed E-state index contributed by atoms with van der Waals surface area (Å²) in [5, 5.41) is 3.98. The summed E-state index contributed by atoms with van der Waals surface area (Å²) in [7, 11) is -1.57. The summed E-state index contributed by atoms with van der Waals surface area (Å²) >= 11 is 0. The molecule has 0 spiro atoms. The first-order valence-corrected chi connectivity index (χ1v) is 7.71. The Morgan fingerprint density at radius 2 is 2.00 bits per heavy atom. The number of benzene rings is 1. The number of hydrogen-bond donors (Lipinski definition) is 0. The van der Waals surface area contributed by atoms with Gasteiger partial charge in [0.25, 0.3) is 0 Å². The Balaban J connectivity index is 2.04. The lowest BCUT2D eigenvalue weighted by molar-refractivity contribution is 0.585. The Bertz CT molecular complexity index is 665. The second-order valence-electron chi connectivity index (χ2n) is 4.38. The van der Waals surface area contributed by atoms with Gasteiger partial charge in [0.05, 0.1) is 11.5 Å². The topological polar surface area (TPSA) is 52.0 Å². The van der Waals surface area contributed by atoms with Crippen molar-refractivity contribution in [1.29, 1.82) is 0 Å².